The fourth-order valence-corrected chi connectivity index (χ4v) is 4.42. The molecule has 1 aliphatic rings. The number of piperidine rings is 1. The third-order valence-corrected chi connectivity index (χ3v) is 6.11. The number of amides is 1. The zero-order chi connectivity index (χ0) is 21.3. The van der Waals surface area contributed by atoms with E-state index in [0.29, 0.717) is 25.9 Å². The molecule has 0 bridgehead atoms. The molecule has 154 valence electrons. The summed E-state index contributed by atoms with van der Waals surface area (Å²) >= 11 is 0. The maximum Gasteiger partial charge on any atom is 0.255 e. The quantitative estimate of drug-likeness (QED) is 0.569. The molecule has 0 unspecified atom stereocenters. The van der Waals surface area contributed by atoms with Crippen molar-refractivity contribution < 1.29 is 9.59 Å². The molecule has 30 heavy (non-hydrogen) atoms. The van der Waals surface area contributed by atoms with Crippen molar-refractivity contribution >= 4 is 11.7 Å². The van der Waals surface area contributed by atoms with E-state index < -0.39 is 0 Å². The molecule has 1 saturated heterocycles. The van der Waals surface area contributed by atoms with E-state index >= 15 is 0 Å². The van der Waals surface area contributed by atoms with E-state index in [1.165, 1.54) is 0 Å². The summed E-state index contributed by atoms with van der Waals surface area (Å²) in [5, 5.41) is 0. The molecule has 2 heterocycles. The molecule has 0 aliphatic carbocycles. The molecule has 3 aromatic rings. The number of benzene rings is 2. The smallest absolute Gasteiger partial charge is 0.255 e. The predicted octanol–water partition coefficient (Wildman–Crippen LogP) is 5.14. The predicted molar refractivity (Wildman–Crippen MR) is 119 cm³/mol. The third kappa shape index (κ3) is 3.82. The molecule has 0 radical (unpaired) electrons. The van der Waals surface area contributed by atoms with Crippen LogP contribution in [0.15, 0.2) is 60.7 Å². The van der Waals surface area contributed by atoms with Crippen molar-refractivity contribution in [3.8, 4) is 5.69 Å². The highest BCUT2D eigenvalue weighted by Gasteiger charge is 2.29. The molecular formula is C26H28N2O2. The average Bonchev–Trinajstić information content (AvgIpc) is 3.11. The van der Waals surface area contributed by atoms with E-state index in [2.05, 4.69) is 36.6 Å². The Morgan fingerprint density at radius 1 is 0.833 bits per heavy atom. The van der Waals surface area contributed by atoms with Crippen molar-refractivity contribution in [3.05, 3.63) is 88.7 Å². The van der Waals surface area contributed by atoms with Crippen LogP contribution in [0.5, 0.6) is 0 Å². The van der Waals surface area contributed by atoms with Crippen LogP contribution in [0.4, 0.5) is 0 Å². The fourth-order valence-electron chi connectivity index (χ4n) is 4.42. The Labute approximate surface area is 178 Å². The molecule has 0 N–H and O–H groups in total. The summed E-state index contributed by atoms with van der Waals surface area (Å²) in [5.41, 5.74) is 5.70. The highest BCUT2D eigenvalue weighted by atomic mass is 16.2. The summed E-state index contributed by atoms with van der Waals surface area (Å²) < 4.78 is 2.14. The molecule has 4 rings (SSSR count). The Bertz CT molecular complexity index is 1050. The Morgan fingerprint density at radius 3 is 2.10 bits per heavy atom. The lowest BCUT2D eigenvalue weighted by Gasteiger charge is -2.32. The number of hydrogen-bond donors (Lipinski definition) is 0. The van der Waals surface area contributed by atoms with E-state index in [1.54, 1.807) is 0 Å². The van der Waals surface area contributed by atoms with Crippen LogP contribution in [0.2, 0.25) is 0 Å². The molecule has 0 saturated carbocycles. The van der Waals surface area contributed by atoms with Crippen LogP contribution < -0.4 is 0 Å². The number of rotatable bonds is 4. The first-order valence-corrected chi connectivity index (χ1v) is 10.6. The second-order valence-corrected chi connectivity index (χ2v) is 8.27. The highest BCUT2D eigenvalue weighted by Crippen LogP contribution is 2.26. The van der Waals surface area contributed by atoms with Crippen molar-refractivity contribution in [1.82, 2.24) is 9.47 Å². The number of carbonyl (C=O) groups is 2. The lowest BCUT2D eigenvalue weighted by Crippen LogP contribution is -2.40. The van der Waals surface area contributed by atoms with Gasteiger partial charge in [0.1, 0.15) is 0 Å². The fraction of sp³-hybridized carbons (Fsp3) is 0.308. The third-order valence-electron chi connectivity index (χ3n) is 6.11. The number of ketones is 1. The van der Waals surface area contributed by atoms with Gasteiger partial charge in [-0.2, -0.15) is 0 Å². The topological polar surface area (TPSA) is 42.3 Å². The average molecular weight is 401 g/mol. The maximum atomic E-state index is 13.5. The Hall–Kier alpha value is -3.14. The van der Waals surface area contributed by atoms with Gasteiger partial charge >= 0.3 is 0 Å². The molecule has 0 atom stereocenters. The van der Waals surface area contributed by atoms with Crippen molar-refractivity contribution in [2.45, 2.75) is 33.6 Å². The first-order chi connectivity index (χ1) is 14.5. The van der Waals surface area contributed by atoms with Gasteiger partial charge in [0.05, 0.1) is 11.3 Å². The Kier molecular flexibility index (Phi) is 5.58. The summed E-state index contributed by atoms with van der Waals surface area (Å²) in [7, 11) is 0. The summed E-state index contributed by atoms with van der Waals surface area (Å²) in [6, 6.07) is 19.7. The molecule has 2 aromatic carbocycles. The van der Waals surface area contributed by atoms with Gasteiger partial charge in [-0.3, -0.25) is 9.59 Å². The van der Waals surface area contributed by atoms with E-state index in [0.717, 1.165) is 33.8 Å². The van der Waals surface area contributed by atoms with Crippen LogP contribution in [-0.2, 0) is 0 Å². The molecular weight excluding hydrogens is 372 g/mol. The van der Waals surface area contributed by atoms with Crippen LogP contribution >= 0.6 is 0 Å². The summed E-state index contributed by atoms with van der Waals surface area (Å²) in [6.45, 7) is 7.35. The van der Waals surface area contributed by atoms with E-state index in [9.17, 15) is 9.59 Å². The molecule has 4 nitrogen and oxygen atoms in total. The molecule has 1 amide bonds. The van der Waals surface area contributed by atoms with Crippen molar-refractivity contribution in [3.63, 3.8) is 0 Å². The molecule has 1 aliphatic heterocycles. The lowest BCUT2D eigenvalue weighted by molar-refractivity contribution is 0.0650. The van der Waals surface area contributed by atoms with Gasteiger partial charge in [0.2, 0.25) is 0 Å². The monoisotopic (exact) mass is 400 g/mol. The number of likely N-dealkylation sites (tertiary alicyclic amines) is 1. The molecule has 1 fully saturated rings. The minimum atomic E-state index is -0.0117. The lowest BCUT2D eigenvalue weighted by atomic mass is 9.88. The van der Waals surface area contributed by atoms with Gasteiger partial charge in [-0.1, -0.05) is 42.0 Å². The SMILES string of the molecule is Cc1ccc(-n2c(C)ccc2C)c(C(=O)N2CCC(C(=O)c3ccccc3)CC2)c1. The summed E-state index contributed by atoms with van der Waals surface area (Å²) in [4.78, 5) is 28.1. The molecule has 1 aromatic heterocycles. The van der Waals surface area contributed by atoms with Crippen LogP contribution in [-0.4, -0.2) is 34.2 Å². The normalized spacial score (nSPS) is 14.7. The van der Waals surface area contributed by atoms with Gasteiger partial charge in [0.15, 0.2) is 5.78 Å². The van der Waals surface area contributed by atoms with Crippen molar-refractivity contribution in [2.75, 3.05) is 13.1 Å². The van der Waals surface area contributed by atoms with Gasteiger partial charge in [0, 0.05) is 36.0 Å². The first kappa shape index (κ1) is 20.1. The van der Waals surface area contributed by atoms with Crippen molar-refractivity contribution in [2.24, 2.45) is 5.92 Å². The first-order valence-electron chi connectivity index (χ1n) is 10.6. The second kappa shape index (κ2) is 8.31. The van der Waals surface area contributed by atoms with E-state index in [4.69, 9.17) is 0 Å². The molecule has 0 spiro atoms. The molecule has 4 heteroatoms. The van der Waals surface area contributed by atoms with E-state index in [1.807, 2.05) is 54.3 Å². The van der Waals surface area contributed by atoms with E-state index in [-0.39, 0.29) is 17.6 Å². The number of Topliss-reactive ketones (excluding diaryl/α,β-unsaturated/α-hetero) is 1. The number of carbonyl (C=O) groups excluding carboxylic acids is 2. The summed E-state index contributed by atoms with van der Waals surface area (Å²) in [6.07, 6.45) is 1.42. The minimum Gasteiger partial charge on any atom is -0.339 e. The number of hydrogen-bond acceptors (Lipinski definition) is 2. The van der Waals surface area contributed by atoms with Crippen LogP contribution in [0.25, 0.3) is 5.69 Å². The standard InChI is InChI=1S/C26H28N2O2/c1-18-9-12-24(28-19(2)10-11-20(28)3)23(17-18)26(30)27-15-13-22(14-16-27)25(29)21-7-5-4-6-8-21/h4-12,17,22H,13-16H2,1-3H3. The van der Waals surface area contributed by atoms with Gasteiger partial charge in [-0.05, 0) is 57.9 Å². The van der Waals surface area contributed by atoms with Crippen LogP contribution in [0.1, 0.15) is 50.5 Å². The van der Waals surface area contributed by atoms with Gasteiger partial charge in [-0.15, -0.1) is 0 Å². The van der Waals surface area contributed by atoms with Crippen LogP contribution in [0.3, 0.4) is 0 Å². The number of aromatic nitrogens is 1. The highest BCUT2D eigenvalue weighted by molar-refractivity contribution is 5.99. The number of nitrogens with zero attached hydrogens (tertiary/aromatic N) is 2. The van der Waals surface area contributed by atoms with Crippen LogP contribution in [0, 0.1) is 26.7 Å². The zero-order valence-electron chi connectivity index (χ0n) is 17.9. The minimum absolute atomic E-state index is 0.0117. The Balaban J connectivity index is 1.54. The Morgan fingerprint density at radius 2 is 1.47 bits per heavy atom. The maximum absolute atomic E-state index is 13.5. The number of aryl methyl sites for hydroxylation is 3. The van der Waals surface area contributed by atoms with Crippen molar-refractivity contribution in [1.29, 1.82) is 0 Å². The van der Waals surface area contributed by atoms with Gasteiger partial charge < -0.3 is 9.47 Å². The summed E-state index contributed by atoms with van der Waals surface area (Å²) in [5.74, 6) is 0.228. The zero-order valence-corrected chi connectivity index (χ0v) is 17.9. The second-order valence-electron chi connectivity index (χ2n) is 8.27. The van der Waals surface area contributed by atoms with Gasteiger partial charge in [0.25, 0.3) is 5.91 Å². The largest absolute Gasteiger partial charge is 0.339 e. The van der Waals surface area contributed by atoms with Gasteiger partial charge in [-0.25, -0.2) is 0 Å².